The first kappa shape index (κ1) is 15.4. The second kappa shape index (κ2) is 6.77. The van der Waals surface area contributed by atoms with Crippen LogP contribution >= 0.6 is 0 Å². The van der Waals surface area contributed by atoms with Gasteiger partial charge >= 0.3 is 0 Å². The van der Waals surface area contributed by atoms with E-state index in [-0.39, 0.29) is 6.10 Å². The van der Waals surface area contributed by atoms with Gasteiger partial charge in [0.2, 0.25) is 0 Å². The summed E-state index contributed by atoms with van der Waals surface area (Å²) >= 11 is 0. The van der Waals surface area contributed by atoms with E-state index in [1.807, 2.05) is 24.5 Å². The van der Waals surface area contributed by atoms with Crippen molar-refractivity contribution in [2.75, 3.05) is 31.1 Å². The first-order valence-electron chi connectivity index (χ1n) is 8.82. The number of pyridine rings is 1. The van der Waals surface area contributed by atoms with Crippen molar-refractivity contribution < 1.29 is 9.53 Å². The fourth-order valence-corrected chi connectivity index (χ4v) is 3.66. The third-order valence-corrected chi connectivity index (χ3v) is 4.93. The zero-order valence-electron chi connectivity index (χ0n) is 13.8. The summed E-state index contributed by atoms with van der Waals surface area (Å²) in [6.45, 7) is 3.45. The predicted molar refractivity (Wildman–Crippen MR) is 94.7 cm³/mol. The Hall–Kier alpha value is -2.14. The van der Waals surface area contributed by atoms with Crippen molar-refractivity contribution in [2.45, 2.75) is 31.8 Å². The summed E-state index contributed by atoms with van der Waals surface area (Å²) in [6.07, 6.45) is 7.64. The summed E-state index contributed by atoms with van der Waals surface area (Å²) in [5, 5.41) is 5.51. The van der Waals surface area contributed by atoms with Crippen LogP contribution < -0.4 is 15.0 Å². The molecule has 0 radical (unpaired) electrons. The van der Waals surface area contributed by atoms with Crippen molar-refractivity contribution >= 4 is 22.2 Å². The van der Waals surface area contributed by atoms with E-state index in [4.69, 9.17) is 4.74 Å². The number of rotatable bonds is 3. The third-order valence-electron chi connectivity index (χ3n) is 4.93. The molecule has 0 bridgehead atoms. The minimum atomic E-state index is 0.261. The number of anilines is 1. The van der Waals surface area contributed by atoms with Gasteiger partial charge in [-0.05, 0) is 50.6 Å². The van der Waals surface area contributed by atoms with Crippen molar-refractivity contribution in [3.63, 3.8) is 0 Å². The lowest BCUT2D eigenvalue weighted by molar-refractivity contribution is -0.118. The number of fused-ring (bicyclic) bond motifs is 1. The van der Waals surface area contributed by atoms with E-state index in [0.29, 0.717) is 18.7 Å². The number of Topliss-reactive ketones (excluding diaryl/α,β-unsaturated/α-hetero) is 1. The number of hydrogen-bond acceptors (Lipinski definition) is 5. The Morgan fingerprint density at radius 3 is 2.88 bits per heavy atom. The monoisotopic (exact) mass is 325 g/mol. The van der Waals surface area contributed by atoms with Gasteiger partial charge in [-0.15, -0.1) is 0 Å². The van der Waals surface area contributed by atoms with Gasteiger partial charge in [0, 0.05) is 41.8 Å². The van der Waals surface area contributed by atoms with Crippen LogP contribution in [0.15, 0.2) is 30.6 Å². The smallest absolute Gasteiger partial charge is 0.152 e. The number of nitrogens with one attached hydrogen (secondary N) is 1. The molecule has 126 valence electrons. The molecule has 0 saturated carbocycles. The van der Waals surface area contributed by atoms with Gasteiger partial charge in [-0.25, -0.2) is 0 Å². The number of piperidine rings is 2. The van der Waals surface area contributed by atoms with Crippen LogP contribution in [0.4, 0.5) is 5.69 Å². The largest absolute Gasteiger partial charge is 0.490 e. The summed E-state index contributed by atoms with van der Waals surface area (Å²) in [6, 6.07) is 6.16. The van der Waals surface area contributed by atoms with Gasteiger partial charge in [0.1, 0.15) is 11.9 Å². The molecule has 2 aromatic rings. The van der Waals surface area contributed by atoms with Crippen LogP contribution in [0.5, 0.6) is 5.75 Å². The van der Waals surface area contributed by atoms with E-state index in [1.54, 1.807) is 0 Å². The Bertz CT molecular complexity index is 740. The quantitative estimate of drug-likeness (QED) is 0.940. The summed E-state index contributed by atoms with van der Waals surface area (Å²) in [5.41, 5.74) is 1.11. The summed E-state index contributed by atoms with van der Waals surface area (Å²) in [4.78, 5) is 18.3. The zero-order valence-corrected chi connectivity index (χ0v) is 13.8. The molecule has 24 heavy (non-hydrogen) atoms. The lowest BCUT2D eigenvalue weighted by Crippen LogP contribution is -2.35. The van der Waals surface area contributed by atoms with Crippen LogP contribution in [-0.4, -0.2) is 43.1 Å². The first-order chi connectivity index (χ1) is 11.8. The highest BCUT2D eigenvalue weighted by Crippen LogP contribution is 2.35. The predicted octanol–water partition coefficient (Wildman–Crippen LogP) is 2.53. The molecule has 4 rings (SSSR count). The maximum Gasteiger partial charge on any atom is 0.152 e. The molecule has 1 aromatic carbocycles. The lowest BCUT2D eigenvalue weighted by Gasteiger charge is -2.30. The van der Waals surface area contributed by atoms with E-state index in [9.17, 15) is 4.79 Å². The molecule has 2 aliphatic rings. The Labute approximate surface area is 142 Å². The Kier molecular flexibility index (Phi) is 4.34. The van der Waals surface area contributed by atoms with Gasteiger partial charge in [0.05, 0.1) is 6.54 Å². The van der Waals surface area contributed by atoms with Crippen LogP contribution in [0.2, 0.25) is 0 Å². The van der Waals surface area contributed by atoms with Gasteiger partial charge in [0.25, 0.3) is 0 Å². The highest BCUT2D eigenvalue weighted by molar-refractivity contribution is 5.99. The number of carbonyl (C=O) groups is 1. The number of nitrogens with zero attached hydrogens (tertiary/aromatic N) is 2. The van der Waals surface area contributed by atoms with Crippen molar-refractivity contribution in [3.05, 3.63) is 30.6 Å². The maximum atomic E-state index is 11.8. The van der Waals surface area contributed by atoms with E-state index in [1.165, 1.54) is 0 Å². The molecule has 0 aliphatic carbocycles. The van der Waals surface area contributed by atoms with Crippen LogP contribution in [0.3, 0.4) is 0 Å². The molecule has 0 atom stereocenters. The second-order valence-corrected chi connectivity index (χ2v) is 6.64. The molecule has 0 spiro atoms. The van der Waals surface area contributed by atoms with Crippen LogP contribution in [0, 0.1) is 0 Å². The Morgan fingerprint density at radius 2 is 2.04 bits per heavy atom. The second-order valence-electron chi connectivity index (χ2n) is 6.64. The highest BCUT2D eigenvalue weighted by Gasteiger charge is 2.21. The molecule has 0 amide bonds. The van der Waals surface area contributed by atoms with E-state index < -0.39 is 0 Å². The number of ketones is 1. The minimum Gasteiger partial charge on any atom is -0.490 e. The molecule has 5 heteroatoms. The first-order valence-corrected chi connectivity index (χ1v) is 8.82. The molecule has 1 aromatic heterocycles. The highest BCUT2D eigenvalue weighted by atomic mass is 16.5. The van der Waals surface area contributed by atoms with Gasteiger partial charge in [0.15, 0.2) is 5.78 Å². The van der Waals surface area contributed by atoms with Crippen molar-refractivity contribution in [2.24, 2.45) is 0 Å². The fraction of sp³-hybridized carbons (Fsp3) is 0.474. The average Bonchev–Trinajstić information content (AvgIpc) is 2.63. The summed E-state index contributed by atoms with van der Waals surface area (Å²) < 4.78 is 6.27. The fourth-order valence-electron chi connectivity index (χ4n) is 3.66. The number of ether oxygens (including phenoxy) is 1. The average molecular weight is 325 g/mol. The van der Waals surface area contributed by atoms with E-state index in [2.05, 4.69) is 21.3 Å². The summed E-state index contributed by atoms with van der Waals surface area (Å²) in [7, 11) is 0. The summed E-state index contributed by atoms with van der Waals surface area (Å²) in [5.74, 6) is 1.22. The van der Waals surface area contributed by atoms with Crippen molar-refractivity contribution in [3.8, 4) is 5.75 Å². The van der Waals surface area contributed by atoms with Crippen LogP contribution in [-0.2, 0) is 4.79 Å². The molecule has 1 N–H and O–H groups in total. The van der Waals surface area contributed by atoms with Gasteiger partial charge in [-0.2, -0.15) is 0 Å². The molecule has 2 aliphatic heterocycles. The van der Waals surface area contributed by atoms with E-state index in [0.717, 1.165) is 61.1 Å². The lowest BCUT2D eigenvalue weighted by atomic mass is 10.0. The maximum absolute atomic E-state index is 11.8. The number of benzene rings is 1. The van der Waals surface area contributed by atoms with Crippen LogP contribution in [0.1, 0.15) is 25.7 Å². The third kappa shape index (κ3) is 3.08. The zero-order chi connectivity index (χ0) is 16.4. The number of hydrogen-bond donors (Lipinski definition) is 1. The number of carbonyl (C=O) groups excluding carboxylic acids is 1. The molecule has 5 nitrogen and oxygen atoms in total. The van der Waals surface area contributed by atoms with Crippen LogP contribution in [0.25, 0.3) is 10.8 Å². The van der Waals surface area contributed by atoms with Gasteiger partial charge < -0.3 is 15.0 Å². The molecular formula is C19H23N3O2. The Morgan fingerprint density at radius 1 is 1.17 bits per heavy atom. The molecule has 0 unspecified atom stereocenters. The SMILES string of the molecule is O=C1CCCN(c2ccc(OC3CCNCC3)c3cnccc23)C1. The van der Waals surface area contributed by atoms with Gasteiger partial charge in [-0.3, -0.25) is 9.78 Å². The number of aromatic nitrogens is 1. The topological polar surface area (TPSA) is 54.5 Å². The van der Waals surface area contributed by atoms with Crippen molar-refractivity contribution in [1.29, 1.82) is 0 Å². The van der Waals surface area contributed by atoms with E-state index >= 15 is 0 Å². The minimum absolute atomic E-state index is 0.261. The standard InChI is InChI=1S/C19H23N3O2/c23-14-2-1-11-22(13-14)18-3-4-19(17-12-21-10-7-16(17)18)24-15-5-8-20-9-6-15/h3-4,7,10,12,15,20H,1-2,5-6,8-9,11,13H2. The Balaban J connectivity index is 1.67. The molecule has 3 heterocycles. The molecule has 2 saturated heterocycles. The van der Waals surface area contributed by atoms with Crippen molar-refractivity contribution in [1.82, 2.24) is 10.3 Å². The molecule has 2 fully saturated rings. The normalized spacial score (nSPS) is 19.7. The molecular weight excluding hydrogens is 302 g/mol. The van der Waals surface area contributed by atoms with Gasteiger partial charge in [-0.1, -0.05) is 0 Å².